The normalized spacial score (nSPS) is 10.6. The summed E-state index contributed by atoms with van der Waals surface area (Å²) in [6, 6.07) is 7.99. The molecule has 0 aliphatic heterocycles. The highest BCUT2D eigenvalue weighted by atomic mass is 19.1. The molecule has 98 valence electrons. The molecule has 5 nitrogen and oxygen atoms in total. The van der Waals surface area contributed by atoms with E-state index in [9.17, 15) is 14.6 Å². The lowest BCUT2D eigenvalue weighted by Crippen LogP contribution is -1.83. The van der Waals surface area contributed by atoms with Gasteiger partial charge in [-0.2, -0.15) is 5.26 Å². The van der Waals surface area contributed by atoms with Gasteiger partial charge in [0.15, 0.2) is 5.58 Å². The summed E-state index contributed by atoms with van der Waals surface area (Å²) in [6.07, 6.45) is 0. The second kappa shape index (κ2) is 4.24. The number of fused-ring (bicyclic) bond motifs is 1. The molecule has 2 aromatic carbocycles. The van der Waals surface area contributed by atoms with E-state index in [1.54, 1.807) is 0 Å². The number of nitriles is 1. The molecule has 0 aliphatic carbocycles. The van der Waals surface area contributed by atoms with Gasteiger partial charge in [0.25, 0.3) is 0 Å². The zero-order valence-corrected chi connectivity index (χ0v) is 9.96. The first-order valence-electron chi connectivity index (χ1n) is 5.61. The Morgan fingerprint density at radius 2 is 1.95 bits per heavy atom. The predicted molar refractivity (Wildman–Crippen MR) is 67.4 cm³/mol. The number of nitrogens with zero attached hydrogens (tertiary/aromatic N) is 2. The molecule has 0 atom stereocenters. The van der Waals surface area contributed by atoms with Crippen molar-refractivity contribution in [2.45, 2.75) is 0 Å². The zero-order valence-electron chi connectivity index (χ0n) is 9.96. The molecule has 6 heteroatoms. The van der Waals surface area contributed by atoms with Gasteiger partial charge in [0.2, 0.25) is 5.89 Å². The summed E-state index contributed by atoms with van der Waals surface area (Å²) in [6.45, 7) is 0. The van der Waals surface area contributed by atoms with Gasteiger partial charge in [0, 0.05) is 18.2 Å². The number of phenolic OH excluding ortho intramolecular Hbond substituents is 2. The predicted octanol–water partition coefficient (Wildman–Crippen LogP) is 2.92. The number of oxazole rings is 1. The third-order valence-corrected chi connectivity index (χ3v) is 2.78. The molecule has 1 aromatic heterocycles. The molecule has 0 radical (unpaired) electrons. The maximum absolute atomic E-state index is 13.8. The third kappa shape index (κ3) is 1.82. The molecule has 0 spiro atoms. The molecule has 0 unspecified atom stereocenters. The molecule has 0 bridgehead atoms. The quantitative estimate of drug-likeness (QED) is 0.709. The van der Waals surface area contributed by atoms with Gasteiger partial charge in [-0.15, -0.1) is 0 Å². The number of benzene rings is 2. The molecule has 0 amide bonds. The van der Waals surface area contributed by atoms with Gasteiger partial charge in [0.1, 0.15) is 34.5 Å². The van der Waals surface area contributed by atoms with Crippen molar-refractivity contribution in [2.75, 3.05) is 0 Å². The van der Waals surface area contributed by atoms with E-state index >= 15 is 0 Å². The SMILES string of the molecule is N#Cc1cc(O)cc2nc(-c3ccc(O)cc3F)oc12. The Labute approximate surface area is 112 Å². The Morgan fingerprint density at radius 1 is 1.15 bits per heavy atom. The maximum atomic E-state index is 13.8. The van der Waals surface area contributed by atoms with Crippen molar-refractivity contribution in [1.82, 2.24) is 4.98 Å². The van der Waals surface area contributed by atoms with Crippen LogP contribution in [0.15, 0.2) is 34.7 Å². The van der Waals surface area contributed by atoms with E-state index in [2.05, 4.69) is 4.98 Å². The van der Waals surface area contributed by atoms with Crippen molar-refractivity contribution in [2.24, 2.45) is 0 Å². The van der Waals surface area contributed by atoms with Crippen LogP contribution in [-0.2, 0) is 0 Å². The summed E-state index contributed by atoms with van der Waals surface area (Å²) in [4.78, 5) is 4.04. The Balaban J connectivity index is 2.26. The Hall–Kier alpha value is -3.07. The van der Waals surface area contributed by atoms with Gasteiger partial charge < -0.3 is 14.6 Å². The lowest BCUT2D eigenvalue weighted by atomic mass is 10.2. The largest absolute Gasteiger partial charge is 0.508 e. The Kier molecular flexibility index (Phi) is 2.54. The molecule has 20 heavy (non-hydrogen) atoms. The highest BCUT2D eigenvalue weighted by Gasteiger charge is 2.16. The number of aromatic hydroxyl groups is 2. The summed E-state index contributed by atoms with van der Waals surface area (Å²) < 4.78 is 19.1. The van der Waals surface area contributed by atoms with Crippen LogP contribution in [0.4, 0.5) is 4.39 Å². The van der Waals surface area contributed by atoms with Gasteiger partial charge in [-0.1, -0.05) is 0 Å². The van der Waals surface area contributed by atoms with Crippen LogP contribution in [0.1, 0.15) is 5.56 Å². The second-order valence-corrected chi connectivity index (χ2v) is 4.14. The molecule has 1 heterocycles. The fraction of sp³-hybridized carbons (Fsp3) is 0. The minimum Gasteiger partial charge on any atom is -0.508 e. The van der Waals surface area contributed by atoms with Crippen LogP contribution < -0.4 is 0 Å². The van der Waals surface area contributed by atoms with Crippen molar-refractivity contribution >= 4 is 11.1 Å². The fourth-order valence-corrected chi connectivity index (χ4v) is 1.89. The van der Waals surface area contributed by atoms with Crippen molar-refractivity contribution in [3.63, 3.8) is 0 Å². The standard InChI is InChI=1S/C14H7FN2O3/c15-11-4-8(18)1-2-10(11)14-17-12-5-9(19)3-7(6-16)13(12)20-14/h1-5,18-19H. The van der Waals surface area contributed by atoms with E-state index in [1.165, 1.54) is 24.3 Å². The number of halogens is 1. The first-order chi connectivity index (χ1) is 9.58. The van der Waals surface area contributed by atoms with Gasteiger partial charge in [-0.05, 0) is 12.1 Å². The summed E-state index contributed by atoms with van der Waals surface area (Å²) >= 11 is 0. The molecule has 0 saturated carbocycles. The first kappa shape index (κ1) is 12.0. The van der Waals surface area contributed by atoms with E-state index < -0.39 is 5.82 Å². The van der Waals surface area contributed by atoms with E-state index in [4.69, 9.17) is 9.68 Å². The molecule has 0 saturated heterocycles. The minimum atomic E-state index is -0.695. The van der Waals surface area contributed by atoms with Crippen LogP contribution in [0.2, 0.25) is 0 Å². The average Bonchev–Trinajstić information content (AvgIpc) is 2.80. The molecule has 2 N–H and O–H groups in total. The minimum absolute atomic E-state index is 0.0281. The van der Waals surface area contributed by atoms with Crippen LogP contribution in [-0.4, -0.2) is 15.2 Å². The van der Waals surface area contributed by atoms with Gasteiger partial charge in [-0.3, -0.25) is 0 Å². The molecular formula is C14H7FN2O3. The molecule has 0 aliphatic rings. The molecular weight excluding hydrogens is 263 g/mol. The van der Waals surface area contributed by atoms with Crippen molar-refractivity contribution in [3.8, 4) is 29.0 Å². The number of hydrogen-bond donors (Lipinski definition) is 2. The van der Waals surface area contributed by atoms with Crippen molar-refractivity contribution in [1.29, 1.82) is 5.26 Å². The zero-order chi connectivity index (χ0) is 14.3. The van der Waals surface area contributed by atoms with Gasteiger partial charge >= 0.3 is 0 Å². The van der Waals surface area contributed by atoms with Crippen LogP contribution >= 0.6 is 0 Å². The van der Waals surface area contributed by atoms with E-state index in [1.807, 2.05) is 6.07 Å². The highest BCUT2D eigenvalue weighted by molar-refractivity contribution is 5.83. The summed E-state index contributed by atoms with van der Waals surface area (Å²) in [5, 5.41) is 27.6. The van der Waals surface area contributed by atoms with Crippen molar-refractivity contribution < 1.29 is 19.0 Å². The third-order valence-electron chi connectivity index (χ3n) is 2.78. The second-order valence-electron chi connectivity index (χ2n) is 4.14. The Morgan fingerprint density at radius 3 is 2.65 bits per heavy atom. The first-order valence-corrected chi connectivity index (χ1v) is 5.61. The number of phenols is 2. The van der Waals surface area contributed by atoms with Crippen LogP contribution in [0, 0.1) is 17.1 Å². The highest BCUT2D eigenvalue weighted by Crippen LogP contribution is 2.31. The number of rotatable bonds is 1. The molecule has 0 fully saturated rings. The molecule has 3 rings (SSSR count). The van der Waals surface area contributed by atoms with E-state index in [0.29, 0.717) is 0 Å². The summed E-state index contributed by atoms with van der Waals surface area (Å²) in [7, 11) is 0. The smallest absolute Gasteiger partial charge is 0.230 e. The monoisotopic (exact) mass is 270 g/mol. The van der Waals surface area contributed by atoms with Gasteiger partial charge in [-0.25, -0.2) is 9.37 Å². The van der Waals surface area contributed by atoms with Crippen LogP contribution in [0.5, 0.6) is 11.5 Å². The summed E-state index contributed by atoms with van der Waals surface area (Å²) in [5.74, 6) is -1.06. The lowest BCUT2D eigenvalue weighted by molar-refractivity contribution is 0.469. The number of hydrogen-bond acceptors (Lipinski definition) is 5. The molecule has 3 aromatic rings. The van der Waals surface area contributed by atoms with Crippen LogP contribution in [0.25, 0.3) is 22.6 Å². The average molecular weight is 270 g/mol. The van der Waals surface area contributed by atoms with Gasteiger partial charge in [0.05, 0.1) is 5.56 Å². The van der Waals surface area contributed by atoms with Crippen molar-refractivity contribution in [3.05, 3.63) is 41.7 Å². The summed E-state index contributed by atoms with van der Waals surface area (Å²) in [5.41, 5.74) is 0.595. The number of aromatic nitrogens is 1. The maximum Gasteiger partial charge on any atom is 0.230 e. The Bertz CT molecular complexity index is 865. The van der Waals surface area contributed by atoms with Crippen LogP contribution in [0.3, 0.4) is 0 Å². The topological polar surface area (TPSA) is 90.3 Å². The van der Waals surface area contributed by atoms with E-state index in [0.717, 1.165) is 6.07 Å². The lowest BCUT2D eigenvalue weighted by Gasteiger charge is -1.98. The van der Waals surface area contributed by atoms with E-state index in [-0.39, 0.29) is 39.6 Å². The fourth-order valence-electron chi connectivity index (χ4n) is 1.89.